The number of hydrogen-bond acceptors (Lipinski definition) is 5. The predicted octanol–water partition coefficient (Wildman–Crippen LogP) is 2.54. The van der Waals surface area contributed by atoms with Gasteiger partial charge >= 0.3 is 0 Å². The Bertz CT molecular complexity index is 1050. The first kappa shape index (κ1) is 17.8. The maximum Gasteiger partial charge on any atom is 0.290 e. The van der Waals surface area contributed by atoms with Crippen molar-refractivity contribution in [3.63, 3.8) is 0 Å². The Hall–Kier alpha value is -2.97. The Balaban J connectivity index is 2.04. The van der Waals surface area contributed by atoms with E-state index in [1.54, 1.807) is 37.6 Å². The van der Waals surface area contributed by atoms with Gasteiger partial charge in [-0.25, -0.2) is 0 Å². The monoisotopic (exact) mass is 372 g/mol. The van der Waals surface area contributed by atoms with Crippen molar-refractivity contribution in [1.82, 2.24) is 10.3 Å². The van der Waals surface area contributed by atoms with E-state index in [-0.39, 0.29) is 12.0 Å². The van der Waals surface area contributed by atoms with Crippen LogP contribution in [0.2, 0.25) is 0 Å². The van der Waals surface area contributed by atoms with Gasteiger partial charge in [-0.05, 0) is 34.9 Å². The van der Waals surface area contributed by atoms with E-state index in [0.717, 1.165) is 22.0 Å². The van der Waals surface area contributed by atoms with E-state index >= 15 is 0 Å². The van der Waals surface area contributed by atoms with E-state index in [1.165, 1.54) is 0 Å². The summed E-state index contributed by atoms with van der Waals surface area (Å²) in [6.45, 7) is 0. The van der Waals surface area contributed by atoms with E-state index in [4.69, 9.17) is 4.74 Å². The molecule has 0 fully saturated rings. The molecule has 0 aliphatic carbocycles. The van der Waals surface area contributed by atoms with Crippen molar-refractivity contribution in [2.24, 2.45) is 0 Å². The van der Waals surface area contributed by atoms with Crippen LogP contribution in [0.4, 0.5) is 0 Å². The van der Waals surface area contributed by atoms with Gasteiger partial charge in [0.15, 0.2) is 5.37 Å². The Labute approximate surface area is 150 Å². The molecule has 0 spiro atoms. The normalized spacial score (nSPS) is 12.5. The smallest absolute Gasteiger partial charge is 0.290 e. The van der Waals surface area contributed by atoms with Gasteiger partial charge in [0.25, 0.3) is 10.1 Å². The molecule has 8 heteroatoms. The number of methoxy groups -OCH3 is 1. The predicted molar refractivity (Wildman–Crippen MR) is 97.2 cm³/mol. The number of amides is 1. The van der Waals surface area contributed by atoms with Crippen LogP contribution in [0.5, 0.6) is 5.75 Å². The molecule has 26 heavy (non-hydrogen) atoms. The number of nitrogens with one attached hydrogen (secondary N) is 1. The number of benzene rings is 2. The lowest BCUT2D eigenvalue weighted by molar-refractivity contribution is -0.109. The molecular weight excluding hydrogens is 356 g/mol. The topological polar surface area (TPSA) is 106 Å². The van der Waals surface area contributed by atoms with Crippen LogP contribution in [0.15, 0.2) is 54.7 Å². The second-order valence-corrected chi connectivity index (χ2v) is 7.04. The molecule has 1 aromatic heterocycles. The zero-order chi connectivity index (χ0) is 18.7. The van der Waals surface area contributed by atoms with Gasteiger partial charge in [0, 0.05) is 17.6 Å². The molecule has 1 unspecified atom stereocenters. The van der Waals surface area contributed by atoms with Crippen LogP contribution in [0.25, 0.3) is 22.0 Å². The van der Waals surface area contributed by atoms with Crippen LogP contribution >= 0.6 is 0 Å². The highest BCUT2D eigenvalue weighted by Gasteiger charge is 2.24. The standard InChI is InChI=1S/C18H16N2O5S/c1-25-14-6-7-16-15(8-9-19-17(16)10-14)12-2-4-13(5-3-12)18(20-11-21)26(22,23)24/h2-11,18H,1H3,(H,20,21)(H,22,23,24). The molecule has 0 aliphatic rings. The largest absolute Gasteiger partial charge is 0.497 e. The highest BCUT2D eigenvalue weighted by atomic mass is 32.2. The van der Waals surface area contributed by atoms with Gasteiger partial charge < -0.3 is 10.1 Å². The number of aromatic nitrogens is 1. The van der Waals surface area contributed by atoms with Gasteiger partial charge in [0.2, 0.25) is 6.41 Å². The van der Waals surface area contributed by atoms with E-state index < -0.39 is 15.5 Å². The van der Waals surface area contributed by atoms with Crippen molar-refractivity contribution < 1.29 is 22.5 Å². The maximum absolute atomic E-state index is 11.4. The third kappa shape index (κ3) is 3.51. The van der Waals surface area contributed by atoms with Crippen LogP contribution in [0.1, 0.15) is 10.9 Å². The van der Waals surface area contributed by atoms with E-state index in [2.05, 4.69) is 10.3 Å². The fourth-order valence-corrected chi connectivity index (χ4v) is 3.49. The molecule has 2 N–H and O–H groups in total. The summed E-state index contributed by atoms with van der Waals surface area (Å²) in [7, 11) is -2.88. The summed E-state index contributed by atoms with van der Waals surface area (Å²) >= 11 is 0. The molecule has 1 amide bonds. The van der Waals surface area contributed by atoms with Gasteiger partial charge in [-0.3, -0.25) is 14.3 Å². The van der Waals surface area contributed by atoms with Crippen LogP contribution in [0, 0.1) is 0 Å². The van der Waals surface area contributed by atoms with Gasteiger partial charge in [-0.15, -0.1) is 0 Å². The first-order valence-electron chi connectivity index (χ1n) is 7.63. The quantitative estimate of drug-likeness (QED) is 0.509. The number of ether oxygens (including phenoxy) is 1. The third-order valence-electron chi connectivity index (χ3n) is 3.99. The van der Waals surface area contributed by atoms with Crippen molar-refractivity contribution in [3.05, 3.63) is 60.3 Å². The van der Waals surface area contributed by atoms with Gasteiger partial charge in [0.05, 0.1) is 12.6 Å². The first-order chi connectivity index (χ1) is 12.4. The van der Waals surface area contributed by atoms with Crippen molar-refractivity contribution in [3.8, 4) is 16.9 Å². The SMILES string of the molecule is COc1ccc2c(-c3ccc(C(NC=O)S(=O)(=O)O)cc3)ccnc2c1. The maximum atomic E-state index is 11.4. The molecule has 1 heterocycles. The highest BCUT2D eigenvalue weighted by molar-refractivity contribution is 7.86. The minimum absolute atomic E-state index is 0.232. The Kier molecular flexibility index (Phi) is 4.88. The van der Waals surface area contributed by atoms with Crippen molar-refractivity contribution in [1.29, 1.82) is 0 Å². The summed E-state index contributed by atoms with van der Waals surface area (Å²) in [5, 5.41) is 1.51. The molecule has 3 rings (SSSR count). The molecule has 134 valence electrons. The number of fused-ring (bicyclic) bond motifs is 1. The number of pyridine rings is 1. The lowest BCUT2D eigenvalue weighted by atomic mass is 10.00. The molecule has 7 nitrogen and oxygen atoms in total. The summed E-state index contributed by atoms with van der Waals surface area (Å²) in [4.78, 5) is 15.0. The Morgan fingerprint density at radius 1 is 1.15 bits per heavy atom. The average molecular weight is 372 g/mol. The van der Waals surface area contributed by atoms with Gasteiger partial charge in [0.1, 0.15) is 5.75 Å². The summed E-state index contributed by atoms with van der Waals surface area (Å²) in [5.74, 6) is 0.702. The molecular formula is C18H16N2O5S. The fourth-order valence-electron chi connectivity index (χ4n) is 2.76. The number of hydrogen-bond donors (Lipinski definition) is 2. The van der Waals surface area contributed by atoms with Crippen molar-refractivity contribution in [2.75, 3.05) is 7.11 Å². The zero-order valence-corrected chi connectivity index (χ0v) is 14.6. The Morgan fingerprint density at radius 2 is 1.88 bits per heavy atom. The second kappa shape index (κ2) is 7.11. The summed E-state index contributed by atoms with van der Waals surface area (Å²) in [6.07, 6.45) is 1.91. The zero-order valence-electron chi connectivity index (χ0n) is 13.8. The highest BCUT2D eigenvalue weighted by Crippen LogP contribution is 2.30. The number of nitrogens with zero attached hydrogens (tertiary/aromatic N) is 1. The van der Waals surface area contributed by atoms with Crippen LogP contribution in [0.3, 0.4) is 0 Å². The fraction of sp³-hybridized carbons (Fsp3) is 0.111. The van der Waals surface area contributed by atoms with Crippen LogP contribution in [-0.4, -0.2) is 31.5 Å². The molecule has 0 bridgehead atoms. The lowest BCUT2D eigenvalue weighted by Crippen LogP contribution is -2.27. The minimum Gasteiger partial charge on any atom is -0.497 e. The number of carbonyl (C=O) groups excluding carboxylic acids is 1. The van der Waals surface area contributed by atoms with E-state index in [9.17, 15) is 17.8 Å². The molecule has 1 atom stereocenters. The first-order valence-corrected chi connectivity index (χ1v) is 9.13. The molecule has 0 saturated heterocycles. The summed E-state index contributed by atoms with van der Waals surface area (Å²) in [6, 6.07) is 13.9. The van der Waals surface area contributed by atoms with Crippen LogP contribution in [-0.2, 0) is 14.9 Å². The van der Waals surface area contributed by atoms with Crippen molar-refractivity contribution >= 4 is 27.4 Å². The van der Waals surface area contributed by atoms with Gasteiger partial charge in [-0.1, -0.05) is 24.3 Å². The molecule has 0 aliphatic heterocycles. The second-order valence-electron chi connectivity index (χ2n) is 5.54. The van der Waals surface area contributed by atoms with Gasteiger partial charge in [-0.2, -0.15) is 8.42 Å². The third-order valence-corrected chi connectivity index (χ3v) is 5.00. The molecule has 0 radical (unpaired) electrons. The molecule has 3 aromatic rings. The number of rotatable bonds is 6. The van der Waals surface area contributed by atoms with E-state index in [0.29, 0.717) is 5.75 Å². The lowest BCUT2D eigenvalue weighted by Gasteiger charge is -2.14. The van der Waals surface area contributed by atoms with Crippen molar-refractivity contribution in [2.45, 2.75) is 5.37 Å². The number of carbonyl (C=O) groups is 1. The summed E-state index contributed by atoms with van der Waals surface area (Å²) < 4.78 is 37.3. The average Bonchev–Trinajstić information content (AvgIpc) is 2.64. The molecule has 0 saturated carbocycles. The molecule has 2 aromatic carbocycles. The summed E-state index contributed by atoms with van der Waals surface area (Å²) in [5.41, 5.74) is 2.77. The minimum atomic E-state index is -4.47. The van der Waals surface area contributed by atoms with E-state index in [1.807, 2.05) is 24.3 Å². The van der Waals surface area contributed by atoms with Crippen LogP contribution < -0.4 is 10.1 Å². The Morgan fingerprint density at radius 3 is 2.50 bits per heavy atom.